The number of nitrogens with one attached hydrogen (secondary N) is 2. The van der Waals surface area contributed by atoms with Gasteiger partial charge in [0.25, 0.3) is 11.5 Å². The molecule has 0 aliphatic carbocycles. The topological polar surface area (TPSA) is 96.1 Å². The first-order valence-electron chi connectivity index (χ1n) is 12.6. The highest BCUT2D eigenvalue weighted by Crippen LogP contribution is 2.25. The molecule has 0 saturated heterocycles. The monoisotopic (exact) mass is 574 g/mol. The summed E-state index contributed by atoms with van der Waals surface area (Å²) in [6.45, 7) is 2.38. The van der Waals surface area contributed by atoms with Gasteiger partial charge in [-0.05, 0) is 48.0 Å². The number of carbonyl (C=O) groups is 2. The molecule has 10 heteroatoms. The van der Waals surface area contributed by atoms with Gasteiger partial charge in [-0.3, -0.25) is 9.59 Å². The number of aromatic nitrogens is 2. The van der Waals surface area contributed by atoms with E-state index in [2.05, 4.69) is 10.6 Å². The molecule has 202 valence electrons. The van der Waals surface area contributed by atoms with Crippen LogP contribution in [-0.2, 0) is 19.5 Å². The average molecular weight is 575 g/mol. The first kappa shape index (κ1) is 27.3. The standard InChI is InChI=1S/C30H25Cl2N5O3/c1-18-14-23-26(17-36(18)28(39)21-10-13-24(31)25(32)15-21)35-30(34-16-19-6-4-3-5-7-19)37(29(23)40)22-11-8-20(9-12-22)27(38)33-2/h3-13,15H,14,16-17H2,1-2H3,(H-,33,34,35,38,40)/p+1. The van der Waals surface area contributed by atoms with Crippen LogP contribution < -0.4 is 16.2 Å². The summed E-state index contributed by atoms with van der Waals surface area (Å²) in [7, 11) is 1.56. The summed E-state index contributed by atoms with van der Waals surface area (Å²) in [5.41, 5.74) is 3.94. The number of rotatable bonds is 6. The van der Waals surface area contributed by atoms with Crippen LogP contribution in [0.2, 0.25) is 10.0 Å². The van der Waals surface area contributed by atoms with Gasteiger partial charge in [0.15, 0.2) is 12.3 Å². The second-order valence-corrected chi connectivity index (χ2v) is 10.2. The van der Waals surface area contributed by atoms with E-state index in [9.17, 15) is 14.4 Å². The molecule has 1 aliphatic rings. The molecule has 5 rings (SSSR count). The summed E-state index contributed by atoms with van der Waals surface area (Å²) in [5.74, 6) is -0.139. The lowest BCUT2D eigenvalue weighted by Gasteiger charge is -2.20. The van der Waals surface area contributed by atoms with Gasteiger partial charge in [0, 0.05) is 26.1 Å². The molecule has 1 aromatic heterocycles. The SMILES string of the molecule is CNC(=O)c1ccc(-n2c(NCc3ccccc3)nc3c(c2=O)CC(C)=[N+](C(=O)c2ccc(Cl)c(Cl)c2)C3)cc1. The number of fused-ring (bicyclic) bond motifs is 1. The molecular weight excluding hydrogens is 549 g/mol. The Kier molecular flexibility index (Phi) is 7.82. The van der Waals surface area contributed by atoms with Gasteiger partial charge in [-0.2, -0.15) is 4.58 Å². The molecule has 2 heterocycles. The van der Waals surface area contributed by atoms with Crippen LogP contribution >= 0.6 is 23.2 Å². The van der Waals surface area contributed by atoms with Crippen LogP contribution in [-0.4, -0.2) is 38.7 Å². The number of nitrogens with zero attached hydrogens (tertiary/aromatic N) is 3. The molecule has 4 aromatic rings. The summed E-state index contributed by atoms with van der Waals surface area (Å²) in [5, 5.41) is 6.55. The first-order chi connectivity index (χ1) is 19.3. The molecule has 0 radical (unpaired) electrons. The minimum absolute atomic E-state index is 0.131. The number of benzene rings is 3. The fourth-order valence-corrected chi connectivity index (χ4v) is 4.91. The van der Waals surface area contributed by atoms with Gasteiger partial charge in [-0.25, -0.2) is 14.3 Å². The lowest BCUT2D eigenvalue weighted by Crippen LogP contribution is -2.38. The Morgan fingerprint density at radius 1 is 0.975 bits per heavy atom. The van der Waals surface area contributed by atoms with Crippen LogP contribution in [0.4, 0.5) is 5.95 Å². The predicted octanol–water partition coefficient (Wildman–Crippen LogP) is 4.88. The highest BCUT2D eigenvalue weighted by atomic mass is 35.5. The largest absolute Gasteiger partial charge is 0.419 e. The van der Waals surface area contributed by atoms with Crippen molar-refractivity contribution in [2.24, 2.45) is 0 Å². The fourth-order valence-electron chi connectivity index (χ4n) is 4.62. The second kappa shape index (κ2) is 11.5. The van der Waals surface area contributed by atoms with E-state index >= 15 is 0 Å². The zero-order valence-corrected chi connectivity index (χ0v) is 23.4. The summed E-state index contributed by atoms with van der Waals surface area (Å²) in [6.07, 6.45) is 0.253. The van der Waals surface area contributed by atoms with Crippen LogP contribution in [0.15, 0.2) is 77.6 Å². The van der Waals surface area contributed by atoms with E-state index in [0.717, 1.165) is 5.56 Å². The smallest absolute Gasteiger partial charge is 0.355 e. The maximum absolute atomic E-state index is 14.0. The van der Waals surface area contributed by atoms with Crippen molar-refractivity contribution in [2.75, 3.05) is 12.4 Å². The molecule has 2 N–H and O–H groups in total. The van der Waals surface area contributed by atoms with E-state index in [1.807, 2.05) is 37.3 Å². The Morgan fingerprint density at radius 2 is 1.68 bits per heavy atom. The third-order valence-electron chi connectivity index (χ3n) is 6.78. The van der Waals surface area contributed by atoms with Crippen LogP contribution in [0, 0.1) is 0 Å². The maximum Gasteiger partial charge on any atom is 0.419 e. The van der Waals surface area contributed by atoms with Crippen molar-refractivity contribution in [2.45, 2.75) is 26.4 Å². The minimum atomic E-state index is -0.253. The van der Waals surface area contributed by atoms with Gasteiger partial charge in [0.1, 0.15) is 5.69 Å². The van der Waals surface area contributed by atoms with Gasteiger partial charge in [0.2, 0.25) is 5.95 Å². The van der Waals surface area contributed by atoms with Crippen molar-refractivity contribution in [1.29, 1.82) is 0 Å². The third-order valence-corrected chi connectivity index (χ3v) is 7.52. The van der Waals surface area contributed by atoms with Crippen molar-refractivity contribution in [3.8, 4) is 5.69 Å². The van der Waals surface area contributed by atoms with Crippen molar-refractivity contribution >= 4 is 46.7 Å². The molecule has 40 heavy (non-hydrogen) atoms. The maximum atomic E-state index is 14.0. The third kappa shape index (κ3) is 5.41. The van der Waals surface area contributed by atoms with Gasteiger partial charge < -0.3 is 10.6 Å². The second-order valence-electron chi connectivity index (χ2n) is 9.40. The summed E-state index contributed by atoms with van der Waals surface area (Å²) in [4.78, 5) is 44.3. The lowest BCUT2D eigenvalue weighted by molar-refractivity contribution is -0.450. The molecule has 0 saturated carbocycles. The van der Waals surface area contributed by atoms with Crippen LogP contribution in [0.1, 0.15) is 44.5 Å². The number of hydrogen-bond donors (Lipinski definition) is 2. The molecule has 3 aromatic carbocycles. The highest BCUT2D eigenvalue weighted by Gasteiger charge is 2.33. The summed E-state index contributed by atoms with van der Waals surface area (Å²) in [6, 6.07) is 21.3. The molecule has 0 fully saturated rings. The Hall–Kier alpha value is -4.27. The van der Waals surface area contributed by atoms with Gasteiger partial charge in [0.05, 0.1) is 33.3 Å². The van der Waals surface area contributed by atoms with Crippen molar-refractivity contribution in [3.63, 3.8) is 0 Å². The van der Waals surface area contributed by atoms with Crippen LogP contribution in [0.3, 0.4) is 0 Å². The highest BCUT2D eigenvalue weighted by molar-refractivity contribution is 6.42. The molecule has 2 amide bonds. The predicted molar refractivity (Wildman–Crippen MR) is 156 cm³/mol. The number of amides is 2. The van der Waals surface area contributed by atoms with E-state index < -0.39 is 0 Å². The number of halogens is 2. The summed E-state index contributed by atoms with van der Waals surface area (Å²) >= 11 is 12.2. The number of hydrogen-bond acceptors (Lipinski definition) is 5. The average Bonchev–Trinajstić information content (AvgIpc) is 2.97. The molecule has 0 atom stereocenters. The van der Waals surface area contributed by atoms with E-state index in [4.69, 9.17) is 28.2 Å². The Balaban J connectivity index is 1.56. The van der Waals surface area contributed by atoms with Gasteiger partial charge >= 0.3 is 5.91 Å². The van der Waals surface area contributed by atoms with Crippen LogP contribution in [0.5, 0.6) is 0 Å². The number of carbonyl (C=O) groups excluding carboxylic acids is 2. The Morgan fingerprint density at radius 3 is 2.35 bits per heavy atom. The molecule has 0 spiro atoms. The normalized spacial score (nSPS) is 12.6. The van der Waals surface area contributed by atoms with E-state index in [0.29, 0.717) is 56.3 Å². The molecule has 0 unspecified atom stereocenters. The molecule has 8 nitrogen and oxygen atoms in total. The molecule has 0 bridgehead atoms. The first-order valence-corrected chi connectivity index (χ1v) is 13.4. The lowest BCUT2D eigenvalue weighted by atomic mass is 10.0. The quantitative estimate of drug-likeness (QED) is 0.320. The minimum Gasteiger partial charge on any atom is -0.355 e. The Bertz CT molecular complexity index is 1710. The summed E-state index contributed by atoms with van der Waals surface area (Å²) < 4.78 is 3.12. The van der Waals surface area contributed by atoms with Gasteiger partial charge in [-0.15, -0.1) is 0 Å². The zero-order chi connectivity index (χ0) is 28.4. The van der Waals surface area contributed by atoms with Crippen LogP contribution in [0.25, 0.3) is 5.69 Å². The van der Waals surface area contributed by atoms with Crippen molar-refractivity contribution in [1.82, 2.24) is 14.9 Å². The van der Waals surface area contributed by atoms with Crippen molar-refractivity contribution in [3.05, 3.63) is 121 Å². The molecule has 1 aliphatic heterocycles. The fraction of sp³-hybridized carbons (Fsp3) is 0.167. The van der Waals surface area contributed by atoms with E-state index in [-0.39, 0.29) is 30.3 Å². The Labute approximate surface area is 240 Å². The van der Waals surface area contributed by atoms with E-state index in [1.165, 1.54) is 10.6 Å². The van der Waals surface area contributed by atoms with Crippen molar-refractivity contribution < 1.29 is 14.2 Å². The van der Waals surface area contributed by atoms with Gasteiger partial charge in [-0.1, -0.05) is 53.5 Å². The zero-order valence-electron chi connectivity index (χ0n) is 21.9. The molecular formula is C30H26Cl2N5O3+. The van der Waals surface area contributed by atoms with E-state index in [1.54, 1.807) is 48.0 Å². The number of anilines is 1.